The zero-order valence-electron chi connectivity index (χ0n) is 8.06. The summed E-state index contributed by atoms with van der Waals surface area (Å²) < 4.78 is 0. The molecule has 0 aromatic heterocycles. The minimum absolute atomic E-state index is 0.785. The first kappa shape index (κ1) is 10.5. The molecule has 0 amide bonds. The lowest BCUT2D eigenvalue weighted by Gasteiger charge is -2.14. The van der Waals surface area contributed by atoms with Crippen molar-refractivity contribution in [2.45, 2.75) is 33.6 Å². The normalized spacial score (nSPS) is 13.1. The highest BCUT2D eigenvalue weighted by Gasteiger charge is 2.05. The van der Waals surface area contributed by atoms with Crippen LogP contribution < -0.4 is 0 Å². The molecular weight excluding hydrogens is 132 g/mol. The van der Waals surface area contributed by atoms with Crippen molar-refractivity contribution in [2.75, 3.05) is 0 Å². The topological polar surface area (TPSA) is 0 Å². The molecule has 0 nitrogen and oxygen atoms in total. The quantitative estimate of drug-likeness (QED) is 0.526. The molecule has 0 aliphatic heterocycles. The third kappa shape index (κ3) is 4.83. The van der Waals surface area contributed by atoms with E-state index in [0.717, 1.165) is 23.8 Å². The van der Waals surface area contributed by atoms with Crippen LogP contribution in [0.25, 0.3) is 0 Å². The average molecular weight is 152 g/mol. The van der Waals surface area contributed by atoms with Crippen molar-refractivity contribution in [1.82, 2.24) is 0 Å². The van der Waals surface area contributed by atoms with E-state index in [2.05, 4.69) is 33.9 Å². The van der Waals surface area contributed by atoms with Crippen molar-refractivity contribution in [3.8, 4) is 0 Å². The van der Waals surface area contributed by atoms with Gasteiger partial charge in [0.1, 0.15) is 0 Å². The molecule has 1 unspecified atom stereocenters. The van der Waals surface area contributed by atoms with Gasteiger partial charge in [-0.25, -0.2) is 0 Å². The summed E-state index contributed by atoms with van der Waals surface area (Å²) in [7, 11) is 0. The second kappa shape index (κ2) is 5.17. The summed E-state index contributed by atoms with van der Waals surface area (Å²) in [4.78, 5) is 0. The molecule has 0 aromatic carbocycles. The Hall–Kier alpha value is -0.520. The second-order valence-electron chi connectivity index (χ2n) is 3.62. The molecule has 0 fully saturated rings. The summed E-state index contributed by atoms with van der Waals surface area (Å²) >= 11 is 0. The van der Waals surface area contributed by atoms with E-state index in [9.17, 15) is 0 Å². The molecule has 0 aliphatic rings. The van der Waals surface area contributed by atoms with Crippen LogP contribution >= 0.6 is 0 Å². The Labute approximate surface area is 71.0 Å². The third-order valence-corrected chi connectivity index (χ3v) is 2.35. The Morgan fingerprint density at radius 3 is 2.27 bits per heavy atom. The summed E-state index contributed by atoms with van der Waals surface area (Å²) in [6.45, 7) is 14.4. The van der Waals surface area contributed by atoms with Gasteiger partial charge in [-0.15, -0.1) is 0 Å². The molecule has 0 rings (SSSR count). The van der Waals surface area contributed by atoms with Gasteiger partial charge in [-0.05, 0) is 24.7 Å². The molecule has 0 bridgehead atoms. The minimum atomic E-state index is 0.785. The fraction of sp³-hybridized carbons (Fsp3) is 0.636. The van der Waals surface area contributed by atoms with E-state index in [0.29, 0.717) is 0 Å². The van der Waals surface area contributed by atoms with Crippen LogP contribution in [0, 0.1) is 11.8 Å². The number of rotatable bonds is 5. The molecule has 1 atom stereocenters. The zero-order chi connectivity index (χ0) is 8.85. The van der Waals surface area contributed by atoms with Gasteiger partial charge in [-0.2, -0.15) is 0 Å². The lowest BCUT2D eigenvalue weighted by molar-refractivity contribution is 0.393. The standard InChI is InChI=1S/C11H20/c1-6-10(4)7-8-11(5)9(2)3/h6,9,11H,1,4,7-8H2,2-3,5H3. The molecular formula is C11H20. The predicted molar refractivity (Wildman–Crippen MR) is 52.6 cm³/mol. The predicted octanol–water partition coefficient (Wildman–Crippen LogP) is 3.80. The van der Waals surface area contributed by atoms with E-state index in [4.69, 9.17) is 0 Å². The third-order valence-electron chi connectivity index (χ3n) is 2.35. The van der Waals surface area contributed by atoms with Gasteiger partial charge < -0.3 is 0 Å². The van der Waals surface area contributed by atoms with Gasteiger partial charge in [-0.1, -0.05) is 45.6 Å². The fourth-order valence-electron chi connectivity index (χ4n) is 0.848. The minimum Gasteiger partial charge on any atom is -0.0988 e. The fourth-order valence-corrected chi connectivity index (χ4v) is 0.848. The Balaban J connectivity index is 3.53. The van der Waals surface area contributed by atoms with Crippen LogP contribution in [0.3, 0.4) is 0 Å². The molecule has 0 heteroatoms. The van der Waals surface area contributed by atoms with Crippen molar-refractivity contribution in [3.05, 3.63) is 24.8 Å². The number of allylic oxidation sites excluding steroid dienone is 2. The van der Waals surface area contributed by atoms with E-state index >= 15 is 0 Å². The van der Waals surface area contributed by atoms with Crippen LogP contribution in [0.2, 0.25) is 0 Å². The summed E-state index contributed by atoms with van der Waals surface area (Å²) in [5.41, 5.74) is 1.16. The molecule has 0 saturated heterocycles. The zero-order valence-corrected chi connectivity index (χ0v) is 8.06. The highest BCUT2D eigenvalue weighted by Crippen LogP contribution is 2.18. The highest BCUT2D eigenvalue weighted by molar-refractivity contribution is 5.10. The summed E-state index contributed by atoms with van der Waals surface area (Å²) in [6, 6.07) is 0. The monoisotopic (exact) mass is 152 g/mol. The van der Waals surface area contributed by atoms with E-state index < -0.39 is 0 Å². The molecule has 0 heterocycles. The Kier molecular flexibility index (Phi) is 4.93. The Morgan fingerprint density at radius 1 is 1.36 bits per heavy atom. The van der Waals surface area contributed by atoms with Crippen LogP contribution in [-0.4, -0.2) is 0 Å². The lowest BCUT2D eigenvalue weighted by Crippen LogP contribution is -2.03. The van der Waals surface area contributed by atoms with Gasteiger partial charge in [0, 0.05) is 0 Å². The van der Waals surface area contributed by atoms with Crippen molar-refractivity contribution < 1.29 is 0 Å². The van der Waals surface area contributed by atoms with Crippen LogP contribution in [0.15, 0.2) is 24.8 Å². The molecule has 0 aliphatic carbocycles. The van der Waals surface area contributed by atoms with Crippen molar-refractivity contribution in [2.24, 2.45) is 11.8 Å². The first-order chi connectivity index (χ1) is 5.07. The molecule has 0 N–H and O–H groups in total. The summed E-state index contributed by atoms with van der Waals surface area (Å²) in [6.07, 6.45) is 4.19. The van der Waals surface area contributed by atoms with Crippen LogP contribution in [0.5, 0.6) is 0 Å². The lowest BCUT2D eigenvalue weighted by atomic mass is 9.92. The number of hydrogen-bond donors (Lipinski definition) is 0. The Morgan fingerprint density at radius 2 is 1.91 bits per heavy atom. The summed E-state index contributed by atoms with van der Waals surface area (Å²) in [5, 5.41) is 0. The maximum Gasteiger partial charge on any atom is -0.0282 e. The molecule has 0 radical (unpaired) electrons. The van der Waals surface area contributed by atoms with Crippen LogP contribution in [0.4, 0.5) is 0 Å². The van der Waals surface area contributed by atoms with Crippen LogP contribution in [-0.2, 0) is 0 Å². The van der Waals surface area contributed by atoms with Gasteiger partial charge in [-0.3, -0.25) is 0 Å². The van der Waals surface area contributed by atoms with E-state index in [-0.39, 0.29) is 0 Å². The number of hydrogen-bond acceptors (Lipinski definition) is 0. The van der Waals surface area contributed by atoms with Gasteiger partial charge in [0.2, 0.25) is 0 Å². The van der Waals surface area contributed by atoms with Gasteiger partial charge in [0.15, 0.2) is 0 Å². The molecule has 11 heavy (non-hydrogen) atoms. The van der Waals surface area contributed by atoms with Crippen molar-refractivity contribution in [1.29, 1.82) is 0 Å². The Bertz CT molecular complexity index is 131. The molecule has 0 saturated carbocycles. The smallest absolute Gasteiger partial charge is 0.0282 e. The largest absolute Gasteiger partial charge is 0.0988 e. The SMILES string of the molecule is C=CC(=C)CCC(C)C(C)C. The summed E-state index contributed by atoms with van der Waals surface area (Å²) in [5.74, 6) is 1.58. The van der Waals surface area contributed by atoms with Gasteiger partial charge in [0.25, 0.3) is 0 Å². The first-order valence-corrected chi connectivity index (χ1v) is 4.38. The molecule has 0 spiro atoms. The first-order valence-electron chi connectivity index (χ1n) is 4.38. The van der Waals surface area contributed by atoms with E-state index in [1.165, 1.54) is 6.42 Å². The van der Waals surface area contributed by atoms with Crippen LogP contribution in [0.1, 0.15) is 33.6 Å². The maximum atomic E-state index is 3.89. The maximum absolute atomic E-state index is 3.89. The molecule has 0 aromatic rings. The average Bonchev–Trinajstić information content (AvgIpc) is 1.99. The van der Waals surface area contributed by atoms with E-state index in [1.807, 2.05) is 6.08 Å². The highest BCUT2D eigenvalue weighted by atomic mass is 14.1. The second-order valence-corrected chi connectivity index (χ2v) is 3.62. The van der Waals surface area contributed by atoms with Gasteiger partial charge >= 0.3 is 0 Å². The van der Waals surface area contributed by atoms with Gasteiger partial charge in [0.05, 0.1) is 0 Å². The molecule has 64 valence electrons. The van der Waals surface area contributed by atoms with Crippen molar-refractivity contribution >= 4 is 0 Å². The van der Waals surface area contributed by atoms with E-state index in [1.54, 1.807) is 0 Å². The van der Waals surface area contributed by atoms with Crippen molar-refractivity contribution in [3.63, 3.8) is 0 Å².